The fraction of sp³-hybridized carbons (Fsp3) is 0.167. The predicted molar refractivity (Wildman–Crippen MR) is 92.0 cm³/mol. The molecular weight excluding hydrogens is 324 g/mol. The number of carboxylic acid groups (broad SMARTS) is 2. The summed E-state index contributed by atoms with van der Waals surface area (Å²) in [4.78, 5) is 21.1. The molecule has 3 rings (SSSR count). The van der Waals surface area contributed by atoms with Gasteiger partial charge in [0.2, 0.25) is 0 Å². The van der Waals surface area contributed by atoms with Crippen molar-refractivity contribution in [2.45, 2.75) is 13.3 Å². The van der Waals surface area contributed by atoms with Gasteiger partial charge in [-0.3, -0.25) is 5.10 Å². The first-order valence-corrected chi connectivity index (χ1v) is 7.53. The first-order valence-electron chi connectivity index (χ1n) is 7.53. The minimum atomic E-state index is -1.12. The van der Waals surface area contributed by atoms with Crippen LogP contribution in [0.5, 0.6) is 0 Å². The topological polar surface area (TPSA) is 124 Å². The van der Waals surface area contributed by atoms with Gasteiger partial charge < -0.3 is 15.3 Å². The summed E-state index contributed by atoms with van der Waals surface area (Å²) in [6.45, 7) is 1.80. The van der Waals surface area contributed by atoms with Gasteiger partial charge in [-0.05, 0) is 36.8 Å². The van der Waals surface area contributed by atoms with Crippen molar-refractivity contribution < 1.29 is 24.9 Å². The SMILES string of the molecule is Cc1cc(C(=O)O)cc(C(=O)O)c1.OCCc1n[nH]c2ccccc12. The van der Waals surface area contributed by atoms with E-state index in [0.29, 0.717) is 12.0 Å². The van der Waals surface area contributed by atoms with Crippen LogP contribution in [0.15, 0.2) is 42.5 Å². The Morgan fingerprint density at radius 1 is 1.04 bits per heavy atom. The van der Waals surface area contributed by atoms with Crippen molar-refractivity contribution in [2.24, 2.45) is 0 Å². The lowest BCUT2D eigenvalue weighted by Gasteiger charge is -1.99. The van der Waals surface area contributed by atoms with Crippen LogP contribution in [0, 0.1) is 6.92 Å². The summed E-state index contributed by atoms with van der Waals surface area (Å²) in [7, 11) is 0. The molecule has 0 amide bonds. The molecule has 4 N–H and O–H groups in total. The first kappa shape index (κ1) is 18.2. The highest BCUT2D eigenvalue weighted by Gasteiger charge is 2.09. The monoisotopic (exact) mass is 342 g/mol. The highest BCUT2D eigenvalue weighted by Crippen LogP contribution is 2.14. The second-order valence-electron chi connectivity index (χ2n) is 5.39. The molecule has 0 aliphatic rings. The summed E-state index contributed by atoms with van der Waals surface area (Å²) in [5, 5.41) is 34.1. The van der Waals surface area contributed by atoms with Crippen LogP contribution < -0.4 is 0 Å². The number of aliphatic hydroxyl groups excluding tert-OH is 1. The second-order valence-corrected chi connectivity index (χ2v) is 5.39. The van der Waals surface area contributed by atoms with Gasteiger partial charge in [0.15, 0.2) is 0 Å². The van der Waals surface area contributed by atoms with Crippen molar-refractivity contribution in [1.82, 2.24) is 10.2 Å². The molecule has 0 radical (unpaired) electrons. The molecule has 0 spiro atoms. The molecule has 25 heavy (non-hydrogen) atoms. The number of hydrogen-bond acceptors (Lipinski definition) is 4. The minimum Gasteiger partial charge on any atom is -0.478 e. The van der Waals surface area contributed by atoms with Crippen molar-refractivity contribution in [3.8, 4) is 0 Å². The molecule has 0 saturated heterocycles. The van der Waals surface area contributed by atoms with Crippen LogP contribution in [0.25, 0.3) is 10.9 Å². The van der Waals surface area contributed by atoms with Gasteiger partial charge in [0.25, 0.3) is 0 Å². The van der Waals surface area contributed by atoms with Crippen molar-refractivity contribution >= 4 is 22.8 Å². The number of aromatic amines is 1. The molecule has 3 aromatic rings. The number of carbonyl (C=O) groups is 2. The Morgan fingerprint density at radius 2 is 1.64 bits per heavy atom. The summed E-state index contributed by atoms with van der Waals surface area (Å²) in [5.74, 6) is -2.24. The van der Waals surface area contributed by atoms with Gasteiger partial charge in [-0.15, -0.1) is 0 Å². The maximum Gasteiger partial charge on any atom is 0.335 e. The third kappa shape index (κ3) is 4.65. The van der Waals surface area contributed by atoms with Crippen molar-refractivity contribution in [3.63, 3.8) is 0 Å². The third-order valence-corrected chi connectivity index (χ3v) is 3.47. The Hall–Kier alpha value is -3.19. The van der Waals surface area contributed by atoms with E-state index in [2.05, 4.69) is 10.2 Å². The smallest absolute Gasteiger partial charge is 0.335 e. The average molecular weight is 342 g/mol. The van der Waals surface area contributed by atoms with Crippen LogP contribution >= 0.6 is 0 Å². The van der Waals surface area contributed by atoms with Crippen LogP contribution in [0.4, 0.5) is 0 Å². The Kier molecular flexibility index (Phi) is 5.86. The fourth-order valence-corrected chi connectivity index (χ4v) is 2.35. The van der Waals surface area contributed by atoms with Gasteiger partial charge in [-0.1, -0.05) is 18.2 Å². The van der Waals surface area contributed by atoms with Gasteiger partial charge in [0.05, 0.1) is 22.3 Å². The molecule has 0 fully saturated rings. The van der Waals surface area contributed by atoms with E-state index in [-0.39, 0.29) is 17.7 Å². The highest BCUT2D eigenvalue weighted by molar-refractivity contribution is 5.94. The summed E-state index contributed by atoms with van der Waals surface area (Å²) < 4.78 is 0. The Morgan fingerprint density at radius 3 is 2.20 bits per heavy atom. The number of H-pyrrole nitrogens is 1. The first-order chi connectivity index (χ1) is 11.9. The van der Waals surface area contributed by atoms with E-state index in [1.807, 2.05) is 24.3 Å². The van der Waals surface area contributed by atoms with Crippen LogP contribution in [0.1, 0.15) is 32.0 Å². The number of carboxylic acids is 2. The third-order valence-electron chi connectivity index (χ3n) is 3.47. The number of aliphatic hydroxyl groups is 1. The molecule has 1 aromatic heterocycles. The van der Waals surface area contributed by atoms with Crippen molar-refractivity contribution in [1.29, 1.82) is 0 Å². The van der Waals surface area contributed by atoms with Gasteiger partial charge >= 0.3 is 11.9 Å². The molecule has 130 valence electrons. The largest absolute Gasteiger partial charge is 0.478 e. The number of nitrogens with zero attached hydrogens (tertiary/aromatic N) is 1. The quantitative estimate of drug-likeness (QED) is 0.577. The Labute approximate surface area is 143 Å². The number of fused-ring (bicyclic) bond motifs is 1. The number of aryl methyl sites for hydroxylation is 1. The summed E-state index contributed by atoms with van der Waals surface area (Å²) in [6, 6.07) is 11.9. The van der Waals surface area contributed by atoms with E-state index in [4.69, 9.17) is 15.3 Å². The van der Waals surface area contributed by atoms with E-state index in [1.165, 1.54) is 12.1 Å². The zero-order valence-electron chi connectivity index (χ0n) is 13.6. The van der Waals surface area contributed by atoms with Crippen LogP contribution in [-0.2, 0) is 6.42 Å². The summed E-state index contributed by atoms with van der Waals surface area (Å²) in [5.41, 5.74) is 2.58. The number of aromatic carboxylic acids is 2. The molecule has 0 saturated carbocycles. The van der Waals surface area contributed by atoms with E-state index < -0.39 is 11.9 Å². The number of rotatable bonds is 4. The highest BCUT2D eigenvalue weighted by atomic mass is 16.4. The average Bonchev–Trinajstić information content (AvgIpc) is 2.98. The van der Waals surface area contributed by atoms with E-state index in [0.717, 1.165) is 22.7 Å². The van der Waals surface area contributed by atoms with Crippen molar-refractivity contribution in [2.75, 3.05) is 6.61 Å². The van der Waals surface area contributed by atoms with Gasteiger partial charge in [0.1, 0.15) is 0 Å². The number of para-hydroxylation sites is 1. The zero-order chi connectivity index (χ0) is 18.4. The fourth-order valence-electron chi connectivity index (χ4n) is 2.35. The minimum absolute atomic E-state index is 0.00241. The normalized spacial score (nSPS) is 10.2. The summed E-state index contributed by atoms with van der Waals surface area (Å²) in [6.07, 6.45) is 0.615. The number of nitrogens with one attached hydrogen (secondary N) is 1. The Balaban J connectivity index is 0.000000181. The molecule has 7 nitrogen and oxygen atoms in total. The van der Waals surface area contributed by atoms with Crippen molar-refractivity contribution in [3.05, 3.63) is 64.8 Å². The molecule has 0 aliphatic carbocycles. The zero-order valence-corrected chi connectivity index (χ0v) is 13.6. The lowest BCUT2D eigenvalue weighted by Crippen LogP contribution is -2.02. The molecule has 0 bridgehead atoms. The van der Waals surface area contributed by atoms with E-state index >= 15 is 0 Å². The number of benzene rings is 2. The number of aromatic nitrogens is 2. The van der Waals surface area contributed by atoms with Gasteiger partial charge in [-0.2, -0.15) is 5.10 Å². The molecule has 7 heteroatoms. The summed E-state index contributed by atoms with van der Waals surface area (Å²) >= 11 is 0. The lowest BCUT2D eigenvalue weighted by molar-refractivity contribution is 0.0696. The van der Waals surface area contributed by atoms with Gasteiger partial charge in [-0.25, -0.2) is 9.59 Å². The molecule has 2 aromatic carbocycles. The molecule has 0 unspecified atom stereocenters. The maximum absolute atomic E-state index is 10.5. The van der Waals surface area contributed by atoms with Gasteiger partial charge in [0, 0.05) is 18.4 Å². The van der Waals surface area contributed by atoms with Crippen LogP contribution in [0.2, 0.25) is 0 Å². The van der Waals surface area contributed by atoms with E-state index in [9.17, 15) is 9.59 Å². The standard InChI is InChI=1S/C9H10N2O.C9H8O4/c12-6-5-9-7-3-1-2-4-8(7)10-11-9;1-5-2-6(8(10)11)4-7(3-5)9(12)13/h1-4,12H,5-6H2,(H,10,11);2-4H,1H3,(H,10,11)(H,12,13). The predicted octanol–water partition coefficient (Wildman–Crippen LogP) is 2.49. The lowest BCUT2D eigenvalue weighted by atomic mass is 10.1. The van der Waals surface area contributed by atoms with Crippen LogP contribution in [-0.4, -0.2) is 44.1 Å². The Bertz CT molecular complexity index is 869. The second kappa shape index (κ2) is 8.07. The van der Waals surface area contributed by atoms with E-state index in [1.54, 1.807) is 6.92 Å². The molecule has 0 aliphatic heterocycles. The van der Waals surface area contributed by atoms with Crippen LogP contribution in [0.3, 0.4) is 0 Å². The molecule has 0 atom stereocenters. The maximum atomic E-state index is 10.5. The molecular formula is C18H18N2O5. The molecule has 1 heterocycles. The number of hydrogen-bond donors (Lipinski definition) is 4.